The minimum absolute atomic E-state index is 0.0635. The van der Waals surface area contributed by atoms with Gasteiger partial charge in [0.2, 0.25) is 0 Å². The molecule has 0 radical (unpaired) electrons. The molecule has 7 nitrogen and oxygen atoms in total. The van der Waals surface area contributed by atoms with E-state index >= 15 is 0 Å². The molecule has 3 rings (SSSR count). The van der Waals surface area contributed by atoms with E-state index in [1.807, 2.05) is 24.3 Å². The number of amides is 1. The van der Waals surface area contributed by atoms with Gasteiger partial charge in [-0.15, -0.1) is 0 Å². The Balaban J connectivity index is 1.53. The molecule has 1 amide bonds. The van der Waals surface area contributed by atoms with Gasteiger partial charge in [0.25, 0.3) is 5.91 Å². The number of hydrogen-bond donors (Lipinski definition) is 1. The van der Waals surface area contributed by atoms with Crippen molar-refractivity contribution >= 4 is 52.0 Å². The second kappa shape index (κ2) is 9.57. The van der Waals surface area contributed by atoms with Gasteiger partial charge in [0.1, 0.15) is 0 Å². The van der Waals surface area contributed by atoms with Gasteiger partial charge >= 0.3 is 5.97 Å². The molecule has 146 valence electrons. The van der Waals surface area contributed by atoms with E-state index < -0.39 is 18.5 Å². The molecule has 0 saturated heterocycles. The lowest BCUT2D eigenvalue weighted by atomic mass is 10.3. The number of aryl methyl sites for hydroxylation is 1. The number of carbonyl (C=O) groups is 2. The van der Waals surface area contributed by atoms with Gasteiger partial charge < -0.3 is 14.6 Å². The maximum absolute atomic E-state index is 12.0. The fourth-order valence-corrected chi connectivity index (χ4v) is 3.59. The van der Waals surface area contributed by atoms with E-state index in [4.69, 9.17) is 16.3 Å². The number of ether oxygens (including phenoxy) is 1. The van der Waals surface area contributed by atoms with E-state index in [0.717, 1.165) is 29.2 Å². The fourth-order valence-electron chi connectivity index (χ4n) is 2.58. The molecule has 1 N–H and O–H groups in total. The number of para-hydroxylation sites is 2. The summed E-state index contributed by atoms with van der Waals surface area (Å²) in [4.78, 5) is 32.4. The van der Waals surface area contributed by atoms with E-state index in [2.05, 4.69) is 26.8 Å². The number of aromatic nitrogens is 3. The highest BCUT2D eigenvalue weighted by Gasteiger charge is 2.14. The van der Waals surface area contributed by atoms with Crippen molar-refractivity contribution in [2.45, 2.75) is 25.0 Å². The molecule has 0 aliphatic carbocycles. The summed E-state index contributed by atoms with van der Waals surface area (Å²) in [6, 6.07) is 11.1. The van der Waals surface area contributed by atoms with Crippen LogP contribution in [0.4, 0.5) is 5.69 Å². The van der Waals surface area contributed by atoms with Crippen molar-refractivity contribution in [3.05, 3.63) is 47.7 Å². The van der Waals surface area contributed by atoms with Crippen molar-refractivity contribution in [3.8, 4) is 0 Å². The lowest BCUT2D eigenvalue weighted by molar-refractivity contribution is -0.144. The number of fused-ring (bicyclic) bond motifs is 1. The molecule has 0 unspecified atom stereocenters. The molecule has 0 spiro atoms. The van der Waals surface area contributed by atoms with E-state index in [9.17, 15) is 9.59 Å². The number of benzene rings is 1. The van der Waals surface area contributed by atoms with E-state index in [-0.39, 0.29) is 10.9 Å². The predicted molar refractivity (Wildman–Crippen MR) is 110 cm³/mol. The lowest BCUT2D eigenvalue weighted by Crippen LogP contribution is -2.22. The molecule has 0 saturated carbocycles. The van der Waals surface area contributed by atoms with Crippen molar-refractivity contribution < 1.29 is 14.3 Å². The summed E-state index contributed by atoms with van der Waals surface area (Å²) in [5.41, 5.74) is 2.29. The van der Waals surface area contributed by atoms with Gasteiger partial charge in [0.05, 0.1) is 22.5 Å². The fraction of sp³-hybridized carbons (Fsp3) is 0.263. The normalized spacial score (nSPS) is 10.8. The second-order valence-corrected chi connectivity index (χ2v) is 7.17. The SMILES string of the molecule is CCCn1c(SCC(=O)OCC(=O)Nc2cccnc2Cl)nc2ccccc21. The summed E-state index contributed by atoms with van der Waals surface area (Å²) in [5, 5.41) is 3.48. The number of pyridine rings is 1. The Labute approximate surface area is 171 Å². The molecular weight excluding hydrogens is 400 g/mol. The number of thioether (sulfide) groups is 1. The molecule has 2 aromatic heterocycles. The molecule has 1 aromatic carbocycles. The smallest absolute Gasteiger partial charge is 0.316 e. The summed E-state index contributed by atoms with van der Waals surface area (Å²) < 4.78 is 7.13. The molecule has 0 aliphatic heterocycles. The number of halogens is 1. The molecule has 0 fully saturated rings. The van der Waals surface area contributed by atoms with Gasteiger partial charge in [0.15, 0.2) is 16.9 Å². The molecule has 28 heavy (non-hydrogen) atoms. The van der Waals surface area contributed by atoms with Crippen LogP contribution < -0.4 is 5.32 Å². The number of carbonyl (C=O) groups excluding carboxylic acids is 2. The molecule has 0 aliphatic rings. The molecule has 0 bridgehead atoms. The average molecular weight is 419 g/mol. The largest absolute Gasteiger partial charge is 0.455 e. The number of rotatable bonds is 8. The Kier molecular flexibility index (Phi) is 6.89. The van der Waals surface area contributed by atoms with Crippen molar-refractivity contribution in [2.24, 2.45) is 0 Å². The summed E-state index contributed by atoms with van der Waals surface area (Å²) in [6.45, 7) is 2.51. The third-order valence-corrected chi connectivity index (χ3v) is 5.03. The number of nitrogens with zero attached hydrogens (tertiary/aromatic N) is 3. The molecular formula is C19H19ClN4O3S. The van der Waals surface area contributed by atoms with Gasteiger partial charge in [-0.25, -0.2) is 9.97 Å². The van der Waals surface area contributed by atoms with Gasteiger partial charge in [-0.05, 0) is 30.7 Å². The third-order valence-electron chi connectivity index (χ3n) is 3.78. The molecule has 2 heterocycles. The summed E-state index contributed by atoms with van der Waals surface area (Å²) in [5.74, 6) is -0.910. The van der Waals surface area contributed by atoms with Crippen molar-refractivity contribution in [2.75, 3.05) is 17.7 Å². The van der Waals surface area contributed by atoms with Crippen LogP contribution in [0.2, 0.25) is 5.15 Å². The number of anilines is 1. The highest BCUT2D eigenvalue weighted by atomic mass is 35.5. The van der Waals surface area contributed by atoms with E-state index in [1.165, 1.54) is 18.0 Å². The van der Waals surface area contributed by atoms with Crippen LogP contribution in [0.5, 0.6) is 0 Å². The second-order valence-electron chi connectivity index (χ2n) is 5.87. The highest BCUT2D eigenvalue weighted by molar-refractivity contribution is 7.99. The number of imidazole rings is 1. The van der Waals surface area contributed by atoms with Crippen LogP contribution in [0.25, 0.3) is 11.0 Å². The third kappa shape index (κ3) is 5.02. The summed E-state index contributed by atoms with van der Waals surface area (Å²) in [7, 11) is 0. The topological polar surface area (TPSA) is 86.1 Å². The molecule has 3 aromatic rings. The first-order chi connectivity index (χ1) is 13.6. The summed E-state index contributed by atoms with van der Waals surface area (Å²) >= 11 is 7.17. The minimum atomic E-state index is -0.493. The summed E-state index contributed by atoms with van der Waals surface area (Å²) in [6.07, 6.45) is 2.47. The van der Waals surface area contributed by atoms with Crippen LogP contribution in [0.15, 0.2) is 47.8 Å². The maximum atomic E-state index is 12.0. The number of nitrogens with one attached hydrogen (secondary N) is 1. The van der Waals surface area contributed by atoms with Crippen LogP contribution in [0.1, 0.15) is 13.3 Å². The van der Waals surface area contributed by atoms with E-state index in [0.29, 0.717) is 5.69 Å². The Morgan fingerprint density at radius 3 is 2.86 bits per heavy atom. The van der Waals surface area contributed by atoms with Crippen LogP contribution in [0.3, 0.4) is 0 Å². The predicted octanol–water partition coefficient (Wildman–Crippen LogP) is 3.77. The molecule has 0 atom stereocenters. The van der Waals surface area contributed by atoms with Gasteiger partial charge in [0, 0.05) is 12.7 Å². The first-order valence-electron chi connectivity index (χ1n) is 8.72. The van der Waals surface area contributed by atoms with Crippen molar-refractivity contribution in [3.63, 3.8) is 0 Å². The van der Waals surface area contributed by atoms with Crippen LogP contribution in [-0.2, 0) is 20.9 Å². The van der Waals surface area contributed by atoms with Gasteiger partial charge in [-0.2, -0.15) is 0 Å². The lowest BCUT2D eigenvalue weighted by Gasteiger charge is -2.08. The number of hydrogen-bond acceptors (Lipinski definition) is 6. The minimum Gasteiger partial charge on any atom is -0.455 e. The Hall–Kier alpha value is -2.58. The van der Waals surface area contributed by atoms with Gasteiger partial charge in [-0.1, -0.05) is 42.4 Å². The van der Waals surface area contributed by atoms with Crippen LogP contribution in [-0.4, -0.2) is 38.8 Å². The maximum Gasteiger partial charge on any atom is 0.316 e. The Bertz CT molecular complexity index is 992. The molecule has 9 heteroatoms. The Morgan fingerprint density at radius 2 is 2.07 bits per heavy atom. The zero-order chi connectivity index (χ0) is 19.9. The highest BCUT2D eigenvalue weighted by Crippen LogP contribution is 2.24. The number of esters is 1. The Morgan fingerprint density at radius 1 is 1.25 bits per heavy atom. The zero-order valence-corrected chi connectivity index (χ0v) is 16.8. The monoisotopic (exact) mass is 418 g/mol. The van der Waals surface area contributed by atoms with E-state index in [1.54, 1.807) is 12.1 Å². The zero-order valence-electron chi connectivity index (χ0n) is 15.2. The first-order valence-corrected chi connectivity index (χ1v) is 10.1. The van der Waals surface area contributed by atoms with Crippen LogP contribution >= 0.6 is 23.4 Å². The van der Waals surface area contributed by atoms with Crippen LogP contribution in [0, 0.1) is 0 Å². The first kappa shape index (κ1) is 20.2. The quantitative estimate of drug-likeness (QED) is 0.340. The van der Waals surface area contributed by atoms with Crippen molar-refractivity contribution in [1.82, 2.24) is 14.5 Å². The standard InChI is InChI=1S/C19H19ClN4O3S/c1-2-10-24-15-8-4-3-6-13(15)23-19(24)28-12-17(26)27-11-16(25)22-14-7-5-9-21-18(14)20/h3-9H,2,10-12H2,1H3,(H,22,25). The van der Waals surface area contributed by atoms with Crippen molar-refractivity contribution in [1.29, 1.82) is 0 Å². The van der Waals surface area contributed by atoms with Gasteiger partial charge in [-0.3, -0.25) is 9.59 Å². The average Bonchev–Trinajstić information content (AvgIpc) is 3.04.